The first-order chi connectivity index (χ1) is 9.06. The molecule has 19 heavy (non-hydrogen) atoms. The van der Waals surface area contributed by atoms with Crippen molar-refractivity contribution in [3.05, 3.63) is 23.8 Å². The summed E-state index contributed by atoms with van der Waals surface area (Å²) in [6.45, 7) is 8.28. The van der Waals surface area contributed by atoms with Gasteiger partial charge in [0, 0.05) is 5.56 Å². The zero-order chi connectivity index (χ0) is 13.8. The van der Waals surface area contributed by atoms with Gasteiger partial charge in [-0.05, 0) is 37.6 Å². The van der Waals surface area contributed by atoms with Crippen LogP contribution < -0.4 is 15.4 Å². The van der Waals surface area contributed by atoms with E-state index < -0.39 is 0 Å². The van der Waals surface area contributed by atoms with Gasteiger partial charge in [0.1, 0.15) is 11.9 Å². The molecule has 0 bridgehead atoms. The molecular formula is C15H22N2O2. The zero-order valence-corrected chi connectivity index (χ0v) is 11.8. The molecule has 0 amide bonds. The minimum absolute atomic E-state index is 0.115. The summed E-state index contributed by atoms with van der Waals surface area (Å²) in [7, 11) is 0. The predicted molar refractivity (Wildman–Crippen MR) is 77.1 cm³/mol. The molecule has 104 valence electrons. The van der Waals surface area contributed by atoms with Crippen molar-refractivity contribution in [2.24, 2.45) is 5.92 Å². The fraction of sp³-hybridized carbons (Fsp3) is 0.533. The lowest BCUT2D eigenvalue weighted by Crippen LogP contribution is -2.29. The number of Topliss-reactive ketones (excluding diaryl/α,β-unsaturated/α-hetero) is 1. The van der Waals surface area contributed by atoms with Crippen LogP contribution in [0.2, 0.25) is 0 Å². The van der Waals surface area contributed by atoms with E-state index >= 15 is 0 Å². The van der Waals surface area contributed by atoms with Gasteiger partial charge in [-0.3, -0.25) is 4.79 Å². The normalized spacial score (nSPS) is 17.6. The Balaban J connectivity index is 1.99. The van der Waals surface area contributed by atoms with Crippen LogP contribution in [0.4, 0.5) is 5.69 Å². The van der Waals surface area contributed by atoms with Crippen LogP contribution in [0.25, 0.3) is 0 Å². The number of ketones is 1. The van der Waals surface area contributed by atoms with E-state index in [0.717, 1.165) is 30.1 Å². The Morgan fingerprint density at radius 2 is 2.32 bits per heavy atom. The van der Waals surface area contributed by atoms with Gasteiger partial charge in [0.05, 0.1) is 18.8 Å². The van der Waals surface area contributed by atoms with Gasteiger partial charge in [-0.2, -0.15) is 0 Å². The molecule has 1 aliphatic rings. The third-order valence-corrected chi connectivity index (χ3v) is 3.05. The number of ether oxygens (including phenoxy) is 1. The average Bonchev–Trinajstić information content (AvgIpc) is 2.37. The Morgan fingerprint density at radius 1 is 1.53 bits per heavy atom. The third kappa shape index (κ3) is 3.70. The van der Waals surface area contributed by atoms with Gasteiger partial charge in [0.25, 0.3) is 0 Å². The predicted octanol–water partition coefficient (Wildman–Crippen LogP) is 2.31. The summed E-state index contributed by atoms with van der Waals surface area (Å²) in [4.78, 5) is 12.0. The highest BCUT2D eigenvalue weighted by molar-refractivity contribution is 5.98. The van der Waals surface area contributed by atoms with Crippen LogP contribution in [0.5, 0.6) is 5.75 Å². The molecule has 4 nitrogen and oxygen atoms in total. The minimum atomic E-state index is 0.115. The van der Waals surface area contributed by atoms with E-state index in [4.69, 9.17) is 4.74 Å². The highest BCUT2D eigenvalue weighted by Crippen LogP contribution is 2.29. The molecule has 0 saturated heterocycles. The van der Waals surface area contributed by atoms with Crippen molar-refractivity contribution in [3.8, 4) is 5.75 Å². The highest BCUT2D eigenvalue weighted by atomic mass is 16.5. The molecular weight excluding hydrogens is 240 g/mol. The van der Waals surface area contributed by atoms with Crippen molar-refractivity contribution in [1.29, 1.82) is 0 Å². The first kappa shape index (κ1) is 13.9. The second-order valence-corrected chi connectivity index (χ2v) is 5.47. The Labute approximate surface area is 114 Å². The number of hydrogen-bond acceptors (Lipinski definition) is 4. The number of fused-ring (bicyclic) bond motifs is 1. The SMILES string of the molecule is CC(C)CNCC(=O)c1ccc2c(c1)NCC(C)O2. The van der Waals surface area contributed by atoms with Crippen molar-refractivity contribution in [2.45, 2.75) is 26.9 Å². The van der Waals surface area contributed by atoms with Gasteiger partial charge in [-0.15, -0.1) is 0 Å². The molecule has 1 atom stereocenters. The van der Waals surface area contributed by atoms with Gasteiger partial charge >= 0.3 is 0 Å². The number of benzene rings is 1. The third-order valence-electron chi connectivity index (χ3n) is 3.05. The molecule has 4 heteroatoms. The Morgan fingerprint density at radius 3 is 3.05 bits per heavy atom. The number of anilines is 1. The van der Waals surface area contributed by atoms with Crippen molar-refractivity contribution in [1.82, 2.24) is 5.32 Å². The number of carbonyl (C=O) groups is 1. The quantitative estimate of drug-likeness (QED) is 0.800. The van der Waals surface area contributed by atoms with Crippen LogP contribution in [0.15, 0.2) is 18.2 Å². The molecule has 2 N–H and O–H groups in total. The number of nitrogens with one attached hydrogen (secondary N) is 2. The molecule has 1 aromatic carbocycles. The maximum absolute atomic E-state index is 12.0. The molecule has 0 fully saturated rings. The maximum Gasteiger partial charge on any atom is 0.176 e. The first-order valence-corrected chi connectivity index (χ1v) is 6.84. The van der Waals surface area contributed by atoms with E-state index in [1.54, 1.807) is 0 Å². The number of carbonyl (C=O) groups excluding carboxylic acids is 1. The van der Waals surface area contributed by atoms with Gasteiger partial charge in [0.15, 0.2) is 5.78 Å². The second kappa shape index (κ2) is 6.06. The zero-order valence-electron chi connectivity index (χ0n) is 11.8. The van der Waals surface area contributed by atoms with Crippen molar-refractivity contribution < 1.29 is 9.53 Å². The summed E-state index contributed by atoms with van der Waals surface area (Å²) in [5.41, 5.74) is 1.63. The maximum atomic E-state index is 12.0. The molecule has 0 saturated carbocycles. The molecule has 0 aromatic heterocycles. The van der Waals surface area contributed by atoms with E-state index in [0.29, 0.717) is 12.5 Å². The monoisotopic (exact) mass is 262 g/mol. The van der Waals surface area contributed by atoms with E-state index in [9.17, 15) is 4.79 Å². The van der Waals surface area contributed by atoms with Crippen LogP contribution in [0.1, 0.15) is 31.1 Å². The lowest BCUT2D eigenvalue weighted by atomic mass is 10.1. The van der Waals surface area contributed by atoms with Crippen LogP contribution in [-0.2, 0) is 0 Å². The summed E-state index contributed by atoms with van der Waals surface area (Å²) < 4.78 is 5.69. The summed E-state index contributed by atoms with van der Waals surface area (Å²) in [6, 6.07) is 5.58. The van der Waals surface area contributed by atoms with Gasteiger partial charge < -0.3 is 15.4 Å². The first-order valence-electron chi connectivity index (χ1n) is 6.84. The fourth-order valence-corrected chi connectivity index (χ4v) is 2.03. The van der Waals surface area contributed by atoms with E-state index in [2.05, 4.69) is 24.5 Å². The summed E-state index contributed by atoms with van der Waals surface area (Å²) in [5, 5.41) is 6.45. The molecule has 0 spiro atoms. The van der Waals surface area contributed by atoms with E-state index in [-0.39, 0.29) is 11.9 Å². The lowest BCUT2D eigenvalue weighted by Gasteiger charge is -2.25. The summed E-state index contributed by atoms with van der Waals surface area (Å²) in [6.07, 6.45) is 0.168. The van der Waals surface area contributed by atoms with Crippen LogP contribution in [0, 0.1) is 5.92 Å². The Hall–Kier alpha value is -1.55. The highest BCUT2D eigenvalue weighted by Gasteiger charge is 2.17. The number of rotatable bonds is 5. The van der Waals surface area contributed by atoms with Crippen molar-refractivity contribution in [2.75, 3.05) is 25.0 Å². The largest absolute Gasteiger partial charge is 0.487 e. The molecule has 1 aromatic rings. The smallest absolute Gasteiger partial charge is 0.176 e. The van der Waals surface area contributed by atoms with Gasteiger partial charge in [-0.1, -0.05) is 13.8 Å². The molecule has 0 radical (unpaired) electrons. The molecule has 1 unspecified atom stereocenters. The average molecular weight is 262 g/mol. The molecule has 2 rings (SSSR count). The van der Waals surface area contributed by atoms with Crippen molar-refractivity contribution >= 4 is 11.5 Å². The van der Waals surface area contributed by atoms with Gasteiger partial charge in [0.2, 0.25) is 0 Å². The van der Waals surface area contributed by atoms with Gasteiger partial charge in [-0.25, -0.2) is 0 Å². The Kier molecular flexibility index (Phi) is 4.43. The second-order valence-electron chi connectivity index (χ2n) is 5.47. The van der Waals surface area contributed by atoms with E-state index in [1.807, 2.05) is 25.1 Å². The van der Waals surface area contributed by atoms with Crippen LogP contribution in [-0.4, -0.2) is 31.5 Å². The standard InChI is InChI=1S/C15H22N2O2/c1-10(2)7-16-9-14(18)12-4-5-15-13(6-12)17-8-11(3)19-15/h4-6,10-11,16-17H,7-9H2,1-3H3. The molecule has 1 heterocycles. The lowest BCUT2D eigenvalue weighted by molar-refractivity contribution is 0.0990. The topological polar surface area (TPSA) is 50.4 Å². The fourth-order valence-electron chi connectivity index (χ4n) is 2.03. The molecule has 0 aliphatic carbocycles. The number of hydrogen-bond donors (Lipinski definition) is 2. The Bertz CT molecular complexity index is 457. The molecule has 1 aliphatic heterocycles. The summed E-state index contributed by atoms with van der Waals surface area (Å²) >= 11 is 0. The van der Waals surface area contributed by atoms with Crippen LogP contribution in [0.3, 0.4) is 0 Å². The van der Waals surface area contributed by atoms with E-state index in [1.165, 1.54) is 0 Å². The summed E-state index contributed by atoms with van der Waals surface area (Å²) in [5.74, 6) is 1.49. The minimum Gasteiger partial charge on any atom is -0.487 e. The van der Waals surface area contributed by atoms with Crippen molar-refractivity contribution in [3.63, 3.8) is 0 Å². The van der Waals surface area contributed by atoms with Crippen LogP contribution >= 0.6 is 0 Å².